The highest BCUT2D eigenvalue weighted by molar-refractivity contribution is 5.79. The molecule has 17 heavy (non-hydrogen) atoms. The maximum Gasteiger partial charge on any atom is 0.191 e. The molecule has 1 unspecified atom stereocenters. The number of rotatable bonds is 8. The van der Waals surface area contributed by atoms with Crippen LogP contribution >= 0.6 is 0 Å². The van der Waals surface area contributed by atoms with E-state index in [-0.39, 0.29) is 0 Å². The summed E-state index contributed by atoms with van der Waals surface area (Å²) in [5, 5.41) is 6.60. The van der Waals surface area contributed by atoms with Gasteiger partial charge in [-0.15, -0.1) is 0 Å². The van der Waals surface area contributed by atoms with Crippen LogP contribution in [-0.4, -0.2) is 39.3 Å². The summed E-state index contributed by atoms with van der Waals surface area (Å²) < 4.78 is 4.99. The maximum atomic E-state index is 4.99. The van der Waals surface area contributed by atoms with Crippen molar-refractivity contribution < 1.29 is 4.74 Å². The molecule has 0 aromatic carbocycles. The molecule has 0 fully saturated rings. The van der Waals surface area contributed by atoms with Crippen molar-refractivity contribution in [3.05, 3.63) is 0 Å². The fourth-order valence-corrected chi connectivity index (χ4v) is 1.60. The largest absolute Gasteiger partial charge is 0.383 e. The van der Waals surface area contributed by atoms with Crippen molar-refractivity contribution in [2.45, 2.75) is 46.1 Å². The summed E-state index contributed by atoms with van der Waals surface area (Å²) in [5.41, 5.74) is 0. The van der Waals surface area contributed by atoms with Gasteiger partial charge in [-0.3, -0.25) is 4.99 Å². The molecule has 102 valence electrons. The summed E-state index contributed by atoms with van der Waals surface area (Å²) >= 11 is 0. The van der Waals surface area contributed by atoms with Crippen LogP contribution in [0.1, 0.15) is 40.0 Å². The van der Waals surface area contributed by atoms with Crippen LogP contribution in [0.5, 0.6) is 0 Å². The van der Waals surface area contributed by atoms with Gasteiger partial charge >= 0.3 is 0 Å². The van der Waals surface area contributed by atoms with Gasteiger partial charge in [-0.1, -0.05) is 26.7 Å². The highest BCUT2D eigenvalue weighted by atomic mass is 16.5. The molecule has 2 N–H and O–H groups in total. The highest BCUT2D eigenvalue weighted by Gasteiger charge is 2.05. The van der Waals surface area contributed by atoms with Gasteiger partial charge < -0.3 is 15.4 Å². The predicted octanol–water partition coefficient (Wildman–Crippen LogP) is 2.01. The number of aliphatic imine (C=N–C) groups is 1. The van der Waals surface area contributed by atoms with Crippen molar-refractivity contribution in [2.24, 2.45) is 10.9 Å². The minimum absolute atomic E-state index is 0.461. The fraction of sp³-hybridized carbons (Fsp3) is 0.923. The zero-order chi connectivity index (χ0) is 13.1. The number of guanidine groups is 1. The van der Waals surface area contributed by atoms with E-state index in [4.69, 9.17) is 4.74 Å². The van der Waals surface area contributed by atoms with E-state index in [1.807, 2.05) is 0 Å². The minimum Gasteiger partial charge on any atom is -0.383 e. The van der Waals surface area contributed by atoms with Crippen LogP contribution in [0.25, 0.3) is 0 Å². The van der Waals surface area contributed by atoms with Crippen LogP contribution in [0, 0.1) is 5.92 Å². The predicted molar refractivity (Wildman–Crippen MR) is 74.5 cm³/mol. The SMILES string of the molecule is CN=C(NCCOC)NC(C)CCCC(C)C. The lowest BCUT2D eigenvalue weighted by molar-refractivity contribution is 0.203. The molecule has 0 heterocycles. The van der Waals surface area contributed by atoms with Crippen molar-refractivity contribution in [3.8, 4) is 0 Å². The molecule has 0 bridgehead atoms. The molecular formula is C13H29N3O. The first-order valence-corrected chi connectivity index (χ1v) is 6.56. The van der Waals surface area contributed by atoms with Gasteiger partial charge in [-0.05, 0) is 19.3 Å². The summed E-state index contributed by atoms with van der Waals surface area (Å²) in [6.45, 7) is 8.22. The van der Waals surface area contributed by atoms with Gasteiger partial charge in [0, 0.05) is 26.7 Å². The van der Waals surface area contributed by atoms with Crippen molar-refractivity contribution in [1.82, 2.24) is 10.6 Å². The summed E-state index contributed by atoms with van der Waals surface area (Å²) in [7, 11) is 3.50. The van der Waals surface area contributed by atoms with Gasteiger partial charge in [0.25, 0.3) is 0 Å². The van der Waals surface area contributed by atoms with Gasteiger partial charge in [-0.25, -0.2) is 0 Å². The van der Waals surface area contributed by atoms with Crippen molar-refractivity contribution >= 4 is 5.96 Å². The van der Waals surface area contributed by atoms with Crippen LogP contribution in [0.3, 0.4) is 0 Å². The zero-order valence-electron chi connectivity index (χ0n) is 12.0. The van der Waals surface area contributed by atoms with Crippen molar-refractivity contribution in [2.75, 3.05) is 27.3 Å². The summed E-state index contributed by atoms with van der Waals surface area (Å²) in [5.74, 6) is 1.65. The van der Waals surface area contributed by atoms with E-state index >= 15 is 0 Å². The van der Waals surface area contributed by atoms with Crippen molar-refractivity contribution in [3.63, 3.8) is 0 Å². The van der Waals surface area contributed by atoms with Crippen LogP contribution in [0.4, 0.5) is 0 Å². The Labute approximate surface area is 106 Å². The second-order valence-corrected chi connectivity index (χ2v) is 4.86. The smallest absolute Gasteiger partial charge is 0.191 e. The molecule has 1 atom stereocenters. The average molecular weight is 243 g/mol. The first-order valence-electron chi connectivity index (χ1n) is 6.56. The van der Waals surface area contributed by atoms with Gasteiger partial charge in [0.15, 0.2) is 5.96 Å². The van der Waals surface area contributed by atoms with E-state index in [1.54, 1.807) is 14.2 Å². The van der Waals surface area contributed by atoms with E-state index in [0.717, 1.165) is 18.4 Å². The Bertz CT molecular complexity index is 205. The van der Waals surface area contributed by atoms with Crippen LogP contribution in [0.2, 0.25) is 0 Å². The van der Waals surface area contributed by atoms with E-state index in [2.05, 4.69) is 36.4 Å². The maximum absolute atomic E-state index is 4.99. The first-order chi connectivity index (χ1) is 8.10. The van der Waals surface area contributed by atoms with Crippen LogP contribution in [-0.2, 0) is 4.74 Å². The number of hydrogen-bond acceptors (Lipinski definition) is 2. The first kappa shape index (κ1) is 16.2. The standard InChI is InChI=1S/C13H29N3O/c1-11(2)7-6-8-12(3)16-13(14-4)15-9-10-17-5/h11-12H,6-10H2,1-5H3,(H2,14,15,16). The highest BCUT2D eigenvalue weighted by Crippen LogP contribution is 2.07. The lowest BCUT2D eigenvalue weighted by atomic mass is 10.0. The van der Waals surface area contributed by atoms with Gasteiger partial charge in [0.05, 0.1) is 6.61 Å². The van der Waals surface area contributed by atoms with E-state index in [9.17, 15) is 0 Å². The topological polar surface area (TPSA) is 45.7 Å². The quantitative estimate of drug-likeness (QED) is 0.389. The molecular weight excluding hydrogens is 214 g/mol. The molecule has 0 spiro atoms. The van der Waals surface area contributed by atoms with Crippen molar-refractivity contribution in [1.29, 1.82) is 0 Å². The fourth-order valence-electron chi connectivity index (χ4n) is 1.60. The second-order valence-electron chi connectivity index (χ2n) is 4.86. The average Bonchev–Trinajstić information content (AvgIpc) is 2.27. The van der Waals surface area contributed by atoms with E-state index in [0.29, 0.717) is 12.6 Å². The number of hydrogen-bond donors (Lipinski definition) is 2. The molecule has 4 nitrogen and oxygen atoms in total. The second kappa shape index (κ2) is 10.4. The van der Waals surface area contributed by atoms with Crippen LogP contribution < -0.4 is 10.6 Å². The molecule has 0 aliphatic carbocycles. The Morgan fingerprint density at radius 3 is 2.47 bits per heavy atom. The number of ether oxygens (including phenoxy) is 1. The third kappa shape index (κ3) is 10.1. The third-order valence-corrected chi connectivity index (χ3v) is 2.62. The van der Waals surface area contributed by atoms with Gasteiger partial charge in [0.1, 0.15) is 0 Å². The Morgan fingerprint density at radius 2 is 1.94 bits per heavy atom. The molecule has 0 amide bonds. The lowest BCUT2D eigenvalue weighted by Gasteiger charge is -2.18. The molecule has 0 aliphatic rings. The van der Waals surface area contributed by atoms with Crippen LogP contribution in [0.15, 0.2) is 4.99 Å². The van der Waals surface area contributed by atoms with E-state index in [1.165, 1.54) is 19.3 Å². The Morgan fingerprint density at radius 1 is 1.24 bits per heavy atom. The Hall–Kier alpha value is -0.770. The number of methoxy groups -OCH3 is 1. The normalized spacial score (nSPS) is 13.9. The summed E-state index contributed by atoms with van der Waals surface area (Å²) in [6.07, 6.45) is 3.74. The molecule has 0 aromatic heterocycles. The molecule has 0 rings (SSSR count). The molecule has 0 aromatic rings. The van der Waals surface area contributed by atoms with E-state index < -0.39 is 0 Å². The number of nitrogens with one attached hydrogen (secondary N) is 2. The molecule has 0 radical (unpaired) electrons. The molecule has 4 heteroatoms. The molecule has 0 saturated heterocycles. The Kier molecular flexibility index (Phi) is 9.92. The number of nitrogens with zero attached hydrogens (tertiary/aromatic N) is 1. The van der Waals surface area contributed by atoms with Gasteiger partial charge in [-0.2, -0.15) is 0 Å². The summed E-state index contributed by atoms with van der Waals surface area (Å²) in [4.78, 5) is 4.18. The summed E-state index contributed by atoms with van der Waals surface area (Å²) in [6, 6.07) is 0.461. The third-order valence-electron chi connectivity index (χ3n) is 2.62. The molecule has 0 aliphatic heterocycles. The molecule has 0 saturated carbocycles. The lowest BCUT2D eigenvalue weighted by Crippen LogP contribution is -2.43. The monoisotopic (exact) mass is 243 g/mol. The Balaban J connectivity index is 3.71. The zero-order valence-corrected chi connectivity index (χ0v) is 12.0. The van der Waals surface area contributed by atoms with Gasteiger partial charge in [0.2, 0.25) is 0 Å². The minimum atomic E-state index is 0.461.